The number of hydrogen-bond donors (Lipinski definition) is 1. The molecule has 3 rings (SSSR count). The van der Waals surface area contributed by atoms with E-state index in [-0.39, 0.29) is 21.8 Å². The molecule has 1 N–H and O–H groups in total. The first kappa shape index (κ1) is 19.2. The number of oxazole rings is 1. The minimum absolute atomic E-state index is 0.0506. The smallest absolute Gasteiger partial charge is 0.234 e. The number of rotatable bonds is 6. The second kappa shape index (κ2) is 7.56. The SMILES string of the molecule is CCC(C)Nc1oc(-c2ccccc2C)nc1S(=O)(=O)c1ccc(C)cc1. The van der Waals surface area contributed by atoms with Crippen LogP contribution in [0.5, 0.6) is 0 Å². The summed E-state index contributed by atoms with van der Waals surface area (Å²) in [7, 11) is -3.81. The molecule has 27 heavy (non-hydrogen) atoms. The molecule has 0 aliphatic heterocycles. The van der Waals surface area contributed by atoms with E-state index < -0.39 is 9.84 Å². The number of sulfone groups is 1. The molecule has 1 aromatic heterocycles. The largest absolute Gasteiger partial charge is 0.419 e. The Kier molecular flexibility index (Phi) is 5.37. The molecule has 0 spiro atoms. The maximum absolute atomic E-state index is 13.2. The third-order valence-corrected chi connectivity index (χ3v) is 6.23. The van der Waals surface area contributed by atoms with Crippen molar-refractivity contribution in [3.63, 3.8) is 0 Å². The lowest BCUT2D eigenvalue weighted by molar-refractivity contribution is 0.565. The van der Waals surface area contributed by atoms with Crippen LogP contribution in [0.3, 0.4) is 0 Å². The summed E-state index contributed by atoms with van der Waals surface area (Å²) < 4.78 is 32.3. The van der Waals surface area contributed by atoms with Crippen molar-refractivity contribution >= 4 is 15.7 Å². The standard InChI is InChI=1S/C21H24N2O3S/c1-5-16(4)22-20-21(27(24,25)17-12-10-14(2)11-13-17)23-19(26-20)18-9-7-6-8-15(18)3/h6-13,16,22H,5H2,1-4H3. The van der Waals surface area contributed by atoms with Gasteiger partial charge in [-0.05, 0) is 51.0 Å². The maximum atomic E-state index is 13.2. The van der Waals surface area contributed by atoms with Crippen LogP contribution in [-0.4, -0.2) is 19.4 Å². The number of aryl methyl sites for hydroxylation is 2. The van der Waals surface area contributed by atoms with Crippen LogP contribution in [0.15, 0.2) is 62.9 Å². The predicted octanol–water partition coefficient (Wildman–Crippen LogP) is 5.00. The fourth-order valence-electron chi connectivity index (χ4n) is 2.66. The maximum Gasteiger partial charge on any atom is 0.234 e. The molecule has 6 heteroatoms. The van der Waals surface area contributed by atoms with Gasteiger partial charge in [0.1, 0.15) is 0 Å². The van der Waals surface area contributed by atoms with E-state index in [2.05, 4.69) is 10.3 Å². The molecule has 0 fully saturated rings. The van der Waals surface area contributed by atoms with Gasteiger partial charge in [-0.15, -0.1) is 0 Å². The predicted molar refractivity (Wildman–Crippen MR) is 107 cm³/mol. The molecular weight excluding hydrogens is 360 g/mol. The van der Waals surface area contributed by atoms with E-state index in [0.29, 0.717) is 5.89 Å². The van der Waals surface area contributed by atoms with Gasteiger partial charge in [0.05, 0.1) is 4.90 Å². The van der Waals surface area contributed by atoms with Gasteiger partial charge in [0.25, 0.3) is 0 Å². The van der Waals surface area contributed by atoms with Crippen LogP contribution in [0.1, 0.15) is 31.4 Å². The van der Waals surface area contributed by atoms with Gasteiger partial charge in [0.2, 0.25) is 26.6 Å². The number of aromatic nitrogens is 1. The van der Waals surface area contributed by atoms with Gasteiger partial charge < -0.3 is 9.73 Å². The van der Waals surface area contributed by atoms with E-state index >= 15 is 0 Å². The molecule has 1 unspecified atom stereocenters. The highest BCUT2D eigenvalue weighted by Crippen LogP contribution is 2.34. The van der Waals surface area contributed by atoms with E-state index in [9.17, 15) is 8.42 Å². The number of benzene rings is 2. The van der Waals surface area contributed by atoms with Crippen molar-refractivity contribution in [1.29, 1.82) is 0 Å². The van der Waals surface area contributed by atoms with Crippen LogP contribution < -0.4 is 5.32 Å². The molecule has 0 saturated carbocycles. The Morgan fingerprint density at radius 3 is 2.37 bits per heavy atom. The summed E-state index contributed by atoms with van der Waals surface area (Å²) >= 11 is 0. The summed E-state index contributed by atoms with van der Waals surface area (Å²) in [6.45, 7) is 7.84. The van der Waals surface area contributed by atoms with Gasteiger partial charge in [-0.25, -0.2) is 8.42 Å². The summed E-state index contributed by atoms with van der Waals surface area (Å²) in [6.07, 6.45) is 0.824. The van der Waals surface area contributed by atoms with E-state index in [1.165, 1.54) is 0 Å². The highest BCUT2D eigenvalue weighted by molar-refractivity contribution is 7.91. The average molecular weight is 385 g/mol. The van der Waals surface area contributed by atoms with Crippen molar-refractivity contribution in [1.82, 2.24) is 4.98 Å². The zero-order valence-corrected chi connectivity index (χ0v) is 16.8. The summed E-state index contributed by atoms with van der Waals surface area (Å²) in [4.78, 5) is 4.58. The average Bonchev–Trinajstić information content (AvgIpc) is 3.06. The van der Waals surface area contributed by atoms with E-state index in [1.54, 1.807) is 24.3 Å². The number of anilines is 1. The monoisotopic (exact) mass is 384 g/mol. The van der Waals surface area contributed by atoms with E-state index in [4.69, 9.17) is 4.42 Å². The zero-order valence-electron chi connectivity index (χ0n) is 16.0. The topological polar surface area (TPSA) is 72.2 Å². The fraction of sp³-hybridized carbons (Fsp3) is 0.286. The first-order valence-corrected chi connectivity index (χ1v) is 10.5. The van der Waals surface area contributed by atoms with Gasteiger partial charge in [-0.2, -0.15) is 4.98 Å². The molecule has 0 amide bonds. The molecule has 0 aliphatic rings. The van der Waals surface area contributed by atoms with Crippen LogP contribution in [-0.2, 0) is 9.84 Å². The summed E-state index contributed by atoms with van der Waals surface area (Å²) in [5.74, 6) is 0.479. The lowest BCUT2D eigenvalue weighted by atomic mass is 10.1. The molecular formula is C21H24N2O3S. The van der Waals surface area contributed by atoms with Crippen LogP contribution >= 0.6 is 0 Å². The quantitative estimate of drug-likeness (QED) is 0.647. The van der Waals surface area contributed by atoms with Gasteiger partial charge in [0.15, 0.2) is 0 Å². The lowest BCUT2D eigenvalue weighted by Gasteiger charge is -2.11. The van der Waals surface area contributed by atoms with Crippen molar-refractivity contribution in [2.45, 2.75) is 50.1 Å². The van der Waals surface area contributed by atoms with Gasteiger partial charge in [-0.3, -0.25) is 0 Å². The summed E-state index contributed by atoms with van der Waals surface area (Å²) in [5, 5.41) is 3.07. The van der Waals surface area contributed by atoms with Crippen molar-refractivity contribution in [3.05, 3.63) is 59.7 Å². The molecule has 0 saturated heterocycles. The molecule has 5 nitrogen and oxygen atoms in total. The third kappa shape index (κ3) is 3.90. The van der Waals surface area contributed by atoms with Crippen LogP contribution in [0.4, 0.5) is 5.88 Å². The lowest BCUT2D eigenvalue weighted by Crippen LogP contribution is -2.15. The van der Waals surface area contributed by atoms with Crippen LogP contribution in [0, 0.1) is 13.8 Å². The molecule has 0 bridgehead atoms. The van der Waals surface area contributed by atoms with Gasteiger partial charge >= 0.3 is 0 Å². The Morgan fingerprint density at radius 1 is 1.07 bits per heavy atom. The number of nitrogens with zero attached hydrogens (tertiary/aromatic N) is 1. The highest BCUT2D eigenvalue weighted by Gasteiger charge is 2.29. The zero-order chi connectivity index (χ0) is 19.6. The number of nitrogens with one attached hydrogen (secondary N) is 1. The van der Waals surface area contributed by atoms with Crippen LogP contribution in [0.2, 0.25) is 0 Å². The third-order valence-electron chi connectivity index (χ3n) is 4.55. The number of hydrogen-bond acceptors (Lipinski definition) is 5. The molecule has 1 atom stereocenters. The van der Waals surface area contributed by atoms with Crippen molar-refractivity contribution < 1.29 is 12.8 Å². The van der Waals surface area contributed by atoms with Crippen LogP contribution in [0.25, 0.3) is 11.5 Å². The Balaban J connectivity index is 2.15. The molecule has 3 aromatic rings. The Labute approximate surface area is 160 Å². The first-order chi connectivity index (χ1) is 12.8. The second-order valence-electron chi connectivity index (χ2n) is 6.74. The molecule has 0 aliphatic carbocycles. The minimum Gasteiger partial charge on any atom is -0.419 e. The molecule has 1 heterocycles. The highest BCUT2D eigenvalue weighted by atomic mass is 32.2. The second-order valence-corrected chi connectivity index (χ2v) is 8.60. The van der Waals surface area contributed by atoms with Gasteiger partial charge in [0, 0.05) is 11.6 Å². The Bertz CT molecular complexity index is 1040. The van der Waals surface area contributed by atoms with Crippen molar-refractivity contribution in [2.24, 2.45) is 0 Å². The fourth-order valence-corrected chi connectivity index (χ4v) is 3.93. The van der Waals surface area contributed by atoms with Gasteiger partial charge in [-0.1, -0.05) is 42.8 Å². The Hall–Kier alpha value is -2.60. The van der Waals surface area contributed by atoms with Crippen molar-refractivity contribution in [2.75, 3.05) is 5.32 Å². The first-order valence-electron chi connectivity index (χ1n) is 8.98. The summed E-state index contributed by atoms with van der Waals surface area (Å²) in [5.41, 5.74) is 2.73. The summed E-state index contributed by atoms with van der Waals surface area (Å²) in [6, 6.07) is 14.4. The molecule has 2 aromatic carbocycles. The Morgan fingerprint density at radius 2 is 1.74 bits per heavy atom. The normalized spacial score (nSPS) is 12.7. The van der Waals surface area contributed by atoms with E-state index in [1.807, 2.05) is 52.0 Å². The molecule has 0 radical (unpaired) electrons. The minimum atomic E-state index is -3.81. The van der Waals surface area contributed by atoms with E-state index in [0.717, 1.165) is 23.1 Å². The van der Waals surface area contributed by atoms with Crippen molar-refractivity contribution in [3.8, 4) is 11.5 Å². The molecule has 142 valence electrons.